The number of pyridine rings is 1. The molecule has 0 fully saturated rings. The van der Waals surface area contributed by atoms with Crippen LogP contribution in [0.15, 0.2) is 23.0 Å². The van der Waals surface area contributed by atoms with E-state index in [1.54, 1.807) is 0 Å². The molecule has 1 heterocycles. The number of nitrogens with one attached hydrogen (secondary N) is 2. The SMILES string of the molecule is O=C(O)CNC(=O)c1c(O)c2cc(C(=O)O)ccc2[nH]c1=O. The summed E-state index contributed by atoms with van der Waals surface area (Å²) in [6.07, 6.45) is 0. The van der Waals surface area contributed by atoms with Crippen molar-refractivity contribution in [3.05, 3.63) is 39.7 Å². The van der Waals surface area contributed by atoms with E-state index < -0.39 is 41.3 Å². The lowest BCUT2D eigenvalue weighted by Gasteiger charge is -2.08. The maximum atomic E-state index is 11.8. The van der Waals surface area contributed by atoms with Crippen LogP contribution in [-0.2, 0) is 4.79 Å². The zero-order valence-electron chi connectivity index (χ0n) is 10.9. The molecule has 0 saturated heterocycles. The molecule has 9 heteroatoms. The summed E-state index contributed by atoms with van der Waals surface area (Å²) in [7, 11) is 0. The van der Waals surface area contributed by atoms with E-state index in [1.165, 1.54) is 12.1 Å². The van der Waals surface area contributed by atoms with Crippen molar-refractivity contribution in [1.82, 2.24) is 10.3 Å². The number of carbonyl (C=O) groups excluding carboxylic acids is 1. The lowest BCUT2D eigenvalue weighted by atomic mass is 10.1. The average Bonchev–Trinajstić information content (AvgIpc) is 2.44. The third-order valence-electron chi connectivity index (χ3n) is 2.86. The van der Waals surface area contributed by atoms with Gasteiger partial charge in [-0.25, -0.2) is 4.79 Å². The van der Waals surface area contributed by atoms with E-state index in [1.807, 2.05) is 5.32 Å². The van der Waals surface area contributed by atoms with Crippen LogP contribution in [0.3, 0.4) is 0 Å². The second kappa shape index (κ2) is 5.56. The highest BCUT2D eigenvalue weighted by atomic mass is 16.4. The van der Waals surface area contributed by atoms with E-state index in [-0.39, 0.29) is 16.5 Å². The Kier molecular flexibility index (Phi) is 3.80. The van der Waals surface area contributed by atoms with Gasteiger partial charge in [0.2, 0.25) is 0 Å². The molecule has 2 rings (SSSR count). The molecular formula is C13H10N2O7. The van der Waals surface area contributed by atoms with E-state index in [9.17, 15) is 24.3 Å². The lowest BCUT2D eigenvalue weighted by molar-refractivity contribution is -0.135. The van der Waals surface area contributed by atoms with Crippen molar-refractivity contribution < 1.29 is 29.7 Å². The Morgan fingerprint density at radius 1 is 1.18 bits per heavy atom. The van der Waals surface area contributed by atoms with Gasteiger partial charge in [-0.3, -0.25) is 14.4 Å². The lowest BCUT2D eigenvalue weighted by Crippen LogP contribution is -2.33. The maximum Gasteiger partial charge on any atom is 0.335 e. The predicted octanol–water partition coefficient (Wildman–Crippen LogP) is -0.254. The number of fused-ring (bicyclic) bond motifs is 1. The molecule has 5 N–H and O–H groups in total. The summed E-state index contributed by atoms with van der Waals surface area (Å²) in [5, 5.41) is 29.4. The van der Waals surface area contributed by atoms with Gasteiger partial charge in [0.1, 0.15) is 17.9 Å². The van der Waals surface area contributed by atoms with Crippen LogP contribution >= 0.6 is 0 Å². The molecule has 0 radical (unpaired) electrons. The highest BCUT2D eigenvalue weighted by Crippen LogP contribution is 2.25. The van der Waals surface area contributed by atoms with Gasteiger partial charge >= 0.3 is 11.9 Å². The van der Waals surface area contributed by atoms with Gasteiger partial charge < -0.3 is 25.6 Å². The molecule has 0 aliphatic carbocycles. The van der Waals surface area contributed by atoms with Crippen molar-refractivity contribution in [2.45, 2.75) is 0 Å². The number of aromatic hydroxyl groups is 1. The first-order valence-corrected chi connectivity index (χ1v) is 5.93. The number of H-pyrrole nitrogens is 1. The summed E-state index contributed by atoms with van der Waals surface area (Å²) in [6, 6.07) is 3.60. The van der Waals surface area contributed by atoms with Gasteiger partial charge in [0.25, 0.3) is 11.5 Å². The van der Waals surface area contributed by atoms with E-state index in [0.717, 1.165) is 6.07 Å². The van der Waals surface area contributed by atoms with Gasteiger partial charge in [-0.15, -0.1) is 0 Å². The summed E-state index contributed by atoms with van der Waals surface area (Å²) >= 11 is 0. The Balaban J connectivity index is 2.59. The third-order valence-corrected chi connectivity index (χ3v) is 2.86. The Hall–Kier alpha value is -3.36. The Morgan fingerprint density at radius 3 is 2.45 bits per heavy atom. The Bertz CT molecular complexity index is 853. The van der Waals surface area contributed by atoms with Gasteiger partial charge in [-0.2, -0.15) is 0 Å². The fraction of sp³-hybridized carbons (Fsp3) is 0.0769. The minimum absolute atomic E-state index is 0.0417. The number of carboxylic acids is 2. The number of aromatic amines is 1. The fourth-order valence-electron chi connectivity index (χ4n) is 1.86. The van der Waals surface area contributed by atoms with Crippen LogP contribution in [0.2, 0.25) is 0 Å². The van der Waals surface area contributed by atoms with Crippen molar-refractivity contribution in [1.29, 1.82) is 0 Å². The number of aromatic carboxylic acids is 1. The van der Waals surface area contributed by atoms with Crippen molar-refractivity contribution >= 4 is 28.7 Å². The zero-order chi connectivity index (χ0) is 16.4. The van der Waals surface area contributed by atoms with Crippen molar-refractivity contribution in [2.24, 2.45) is 0 Å². The normalized spacial score (nSPS) is 10.4. The van der Waals surface area contributed by atoms with Crippen molar-refractivity contribution in [2.75, 3.05) is 6.54 Å². The van der Waals surface area contributed by atoms with Gasteiger partial charge in [-0.05, 0) is 18.2 Å². The van der Waals surface area contributed by atoms with Gasteiger partial charge in [-0.1, -0.05) is 0 Å². The topological polar surface area (TPSA) is 157 Å². The average molecular weight is 306 g/mol. The first kappa shape index (κ1) is 15.0. The molecule has 0 aliphatic rings. The quantitative estimate of drug-likeness (QED) is 0.521. The molecule has 0 atom stereocenters. The van der Waals surface area contributed by atoms with Crippen molar-refractivity contribution in [3.63, 3.8) is 0 Å². The number of hydrogen-bond donors (Lipinski definition) is 5. The van der Waals surface area contributed by atoms with Gasteiger partial charge in [0.15, 0.2) is 0 Å². The number of carboxylic acid groups (broad SMARTS) is 2. The molecule has 0 spiro atoms. The molecule has 22 heavy (non-hydrogen) atoms. The molecule has 0 saturated carbocycles. The molecule has 2 aromatic rings. The van der Waals surface area contributed by atoms with Gasteiger partial charge in [0, 0.05) is 5.39 Å². The van der Waals surface area contributed by atoms with E-state index >= 15 is 0 Å². The Labute approximate surface area is 121 Å². The van der Waals surface area contributed by atoms with Crippen LogP contribution in [-0.4, -0.2) is 44.7 Å². The number of aromatic nitrogens is 1. The summed E-state index contributed by atoms with van der Waals surface area (Å²) < 4.78 is 0. The number of hydrogen-bond acceptors (Lipinski definition) is 5. The minimum Gasteiger partial charge on any atom is -0.506 e. The van der Waals surface area contributed by atoms with Crippen LogP contribution in [0, 0.1) is 0 Å². The molecule has 0 bridgehead atoms. The largest absolute Gasteiger partial charge is 0.506 e. The highest BCUT2D eigenvalue weighted by molar-refractivity contribution is 6.04. The molecule has 1 aromatic heterocycles. The molecule has 0 unspecified atom stereocenters. The number of aliphatic carboxylic acids is 1. The molecule has 1 aromatic carbocycles. The monoisotopic (exact) mass is 306 g/mol. The number of amides is 1. The van der Waals surface area contributed by atoms with E-state index in [2.05, 4.69) is 4.98 Å². The number of rotatable bonds is 4. The second-order valence-electron chi connectivity index (χ2n) is 4.32. The van der Waals surface area contributed by atoms with Crippen LogP contribution in [0.5, 0.6) is 5.75 Å². The summed E-state index contributed by atoms with van der Waals surface area (Å²) in [5.74, 6) is -4.36. The van der Waals surface area contributed by atoms with Crippen LogP contribution in [0.4, 0.5) is 0 Å². The standard InChI is InChI=1S/C13H10N2O7/c16-8(17)4-14-11(19)9-10(18)6-3-5(13(21)22)1-2-7(6)15-12(9)20/h1-3H,4H2,(H,14,19)(H,16,17)(H,21,22)(H2,15,18,20). The fourth-order valence-corrected chi connectivity index (χ4v) is 1.86. The zero-order valence-corrected chi connectivity index (χ0v) is 10.9. The number of carbonyl (C=O) groups is 3. The van der Waals surface area contributed by atoms with Crippen LogP contribution in [0.25, 0.3) is 10.9 Å². The van der Waals surface area contributed by atoms with Crippen LogP contribution < -0.4 is 10.9 Å². The summed E-state index contributed by atoms with van der Waals surface area (Å²) in [5.41, 5.74) is -1.61. The maximum absolute atomic E-state index is 11.8. The second-order valence-corrected chi connectivity index (χ2v) is 4.32. The predicted molar refractivity (Wildman–Crippen MR) is 73.2 cm³/mol. The van der Waals surface area contributed by atoms with Gasteiger partial charge in [0.05, 0.1) is 11.1 Å². The molecule has 9 nitrogen and oxygen atoms in total. The number of benzene rings is 1. The molecular weight excluding hydrogens is 296 g/mol. The smallest absolute Gasteiger partial charge is 0.335 e. The molecule has 1 amide bonds. The first-order chi connectivity index (χ1) is 10.3. The first-order valence-electron chi connectivity index (χ1n) is 5.93. The van der Waals surface area contributed by atoms with Crippen molar-refractivity contribution in [3.8, 4) is 5.75 Å². The van der Waals surface area contributed by atoms with Crippen LogP contribution in [0.1, 0.15) is 20.7 Å². The third kappa shape index (κ3) is 2.73. The Morgan fingerprint density at radius 2 is 1.86 bits per heavy atom. The summed E-state index contributed by atoms with van der Waals surface area (Å²) in [6.45, 7) is -0.731. The minimum atomic E-state index is -1.32. The molecule has 114 valence electrons. The van der Waals surface area contributed by atoms with E-state index in [0.29, 0.717) is 0 Å². The summed E-state index contributed by atoms with van der Waals surface area (Å²) in [4.78, 5) is 47.2. The highest BCUT2D eigenvalue weighted by Gasteiger charge is 2.20. The van der Waals surface area contributed by atoms with E-state index in [4.69, 9.17) is 10.2 Å². The molecule has 0 aliphatic heterocycles.